The van der Waals surface area contributed by atoms with Gasteiger partial charge in [-0.25, -0.2) is 0 Å². The molecule has 0 fully saturated rings. The summed E-state index contributed by atoms with van der Waals surface area (Å²) in [5.41, 5.74) is 1.40. The molecule has 5 nitrogen and oxygen atoms in total. The van der Waals surface area contributed by atoms with Crippen LogP contribution in [0.25, 0.3) is 12.2 Å². The van der Waals surface area contributed by atoms with Crippen LogP contribution in [0.3, 0.4) is 0 Å². The second-order valence-electron chi connectivity index (χ2n) is 5.54. The average Bonchev–Trinajstić information content (AvgIpc) is 2.61. The molecule has 0 aliphatic heterocycles. The summed E-state index contributed by atoms with van der Waals surface area (Å²) in [4.78, 5) is 0.0320. The largest absolute Gasteiger partial charge is 0.508 e. The zero-order chi connectivity index (χ0) is 18.6. The number of phenols is 2. The highest BCUT2D eigenvalue weighted by molar-refractivity contribution is 7.87. The van der Waals surface area contributed by atoms with Crippen LogP contribution in [-0.4, -0.2) is 18.6 Å². The van der Waals surface area contributed by atoms with Crippen molar-refractivity contribution < 1.29 is 22.8 Å². The minimum Gasteiger partial charge on any atom is -0.508 e. The van der Waals surface area contributed by atoms with E-state index >= 15 is 0 Å². The summed E-state index contributed by atoms with van der Waals surface area (Å²) in [5.74, 6) is 0.0663. The third kappa shape index (κ3) is 4.43. The van der Waals surface area contributed by atoms with Crippen LogP contribution >= 0.6 is 0 Å². The summed E-state index contributed by atoms with van der Waals surface area (Å²) in [6.07, 6.45) is 3.47. The Kier molecular flexibility index (Phi) is 4.95. The topological polar surface area (TPSA) is 83.8 Å². The lowest BCUT2D eigenvalue weighted by molar-refractivity contribution is 0.463. The Morgan fingerprint density at radius 3 is 2.08 bits per heavy atom. The summed E-state index contributed by atoms with van der Waals surface area (Å²) < 4.78 is 29.7. The summed E-state index contributed by atoms with van der Waals surface area (Å²) in [5, 5.41) is 19.1. The summed E-state index contributed by atoms with van der Waals surface area (Å²) >= 11 is 0. The molecule has 0 amide bonds. The highest BCUT2D eigenvalue weighted by Gasteiger charge is 2.16. The van der Waals surface area contributed by atoms with Gasteiger partial charge >= 0.3 is 10.1 Å². The van der Waals surface area contributed by atoms with Crippen molar-refractivity contribution in [2.75, 3.05) is 0 Å². The van der Waals surface area contributed by atoms with E-state index in [2.05, 4.69) is 0 Å². The van der Waals surface area contributed by atoms with Crippen LogP contribution in [0.15, 0.2) is 77.7 Å². The van der Waals surface area contributed by atoms with Crippen LogP contribution in [0.1, 0.15) is 11.1 Å². The van der Waals surface area contributed by atoms with E-state index in [9.17, 15) is 18.6 Å². The van der Waals surface area contributed by atoms with Crippen molar-refractivity contribution in [3.63, 3.8) is 0 Å². The van der Waals surface area contributed by atoms with Gasteiger partial charge in [0.05, 0.1) is 0 Å². The number of hydrogen-bond acceptors (Lipinski definition) is 5. The molecule has 0 aliphatic carbocycles. The van der Waals surface area contributed by atoms with Gasteiger partial charge in [0.1, 0.15) is 22.1 Å². The quantitative estimate of drug-likeness (QED) is 0.525. The molecule has 0 aromatic heterocycles. The number of benzene rings is 3. The molecule has 0 atom stereocenters. The van der Waals surface area contributed by atoms with Crippen molar-refractivity contribution in [2.24, 2.45) is 0 Å². The first-order valence-electron chi connectivity index (χ1n) is 7.73. The molecule has 0 radical (unpaired) electrons. The molecule has 3 aromatic carbocycles. The van der Waals surface area contributed by atoms with E-state index in [-0.39, 0.29) is 22.1 Å². The van der Waals surface area contributed by atoms with Crippen molar-refractivity contribution in [1.29, 1.82) is 0 Å². The van der Waals surface area contributed by atoms with Crippen LogP contribution in [0.4, 0.5) is 0 Å². The second-order valence-corrected chi connectivity index (χ2v) is 7.08. The fourth-order valence-corrected chi connectivity index (χ4v) is 3.23. The Morgan fingerprint density at radius 2 is 1.38 bits per heavy atom. The minimum atomic E-state index is -3.98. The van der Waals surface area contributed by atoms with Gasteiger partial charge in [-0.3, -0.25) is 0 Å². The molecular formula is C20H16O5S. The number of phenolic OH excluding ortho intramolecular Hbond substituents is 2. The van der Waals surface area contributed by atoms with Gasteiger partial charge in [0.25, 0.3) is 0 Å². The molecule has 2 N–H and O–H groups in total. The Morgan fingerprint density at radius 1 is 0.731 bits per heavy atom. The molecule has 3 aromatic rings. The van der Waals surface area contributed by atoms with Crippen molar-refractivity contribution >= 4 is 22.3 Å². The highest BCUT2D eigenvalue weighted by atomic mass is 32.2. The van der Waals surface area contributed by atoms with Gasteiger partial charge in [-0.15, -0.1) is 0 Å². The normalized spacial score (nSPS) is 11.5. The van der Waals surface area contributed by atoms with Crippen LogP contribution in [0.5, 0.6) is 17.2 Å². The molecule has 0 aliphatic rings. The Hall–Kier alpha value is -3.25. The average molecular weight is 368 g/mol. The summed E-state index contributed by atoms with van der Waals surface area (Å²) in [6, 6.07) is 18.6. The third-order valence-corrected chi connectivity index (χ3v) is 4.77. The van der Waals surface area contributed by atoms with E-state index in [1.54, 1.807) is 54.6 Å². The lowest BCUT2D eigenvalue weighted by atomic mass is 10.1. The molecule has 0 saturated heterocycles. The Balaban J connectivity index is 1.85. The van der Waals surface area contributed by atoms with E-state index in [1.165, 1.54) is 30.3 Å². The number of aromatic hydroxyl groups is 2. The molecule has 0 saturated carbocycles. The number of rotatable bonds is 5. The predicted octanol–water partition coefficient (Wildman–Crippen LogP) is 4.04. The molecular weight excluding hydrogens is 352 g/mol. The highest BCUT2D eigenvalue weighted by Crippen LogP contribution is 2.26. The third-order valence-electron chi connectivity index (χ3n) is 3.51. The van der Waals surface area contributed by atoms with Crippen LogP contribution in [0.2, 0.25) is 0 Å². The lowest BCUT2D eigenvalue weighted by Crippen LogP contribution is -2.09. The molecule has 26 heavy (non-hydrogen) atoms. The van der Waals surface area contributed by atoms with E-state index in [0.29, 0.717) is 5.56 Å². The first-order chi connectivity index (χ1) is 12.4. The number of hydrogen-bond donors (Lipinski definition) is 2. The Bertz CT molecular complexity index is 1020. The monoisotopic (exact) mass is 368 g/mol. The Labute approximate surface area is 151 Å². The molecule has 3 rings (SSSR count). The van der Waals surface area contributed by atoms with Crippen LogP contribution < -0.4 is 4.18 Å². The van der Waals surface area contributed by atoms with Crippen LogP contribution in [0, 0.1) is 0 Å². The molecule has 132 valence electrons. The first kappa shape index (κ1) is 17.6. The van der Waals surface area contributed by atoms with E-state index in [0.717, 1.165) is 5.56 Å². The van der Waals surface area contributed by atoms with E-state index < -0.39 is 10.1 Å². The first-order valence-corrected chi connectivity index (χ1v) is 9.14. The molecule has 0 heterocycles. The van der Waals surface area contributed by atoms with Gasteiger partial charge in [-0.05, 0) is 47.5 Å². The lowest BCUT2D eigenvalue weighted by Gasteiger charge is -2.08. The van der Waals surface area contributed by atoms with E-state index in [4.69, 9.17) is 4.18 Å². The van der Waals surface area contributed by atoms with Gasteiger partial charge in [0.15, 0.2) is 0 Å². The maximum Gasteiger partial charge on any atom is 0.339 e. The van der Waals surface area contributed by atoms with Gasteiger partial charge in [0, 0.05) is 6.07 Å². The predicted molar refractivity (Wildman–Crippen MR) is 99.4 cm³/mol. The van der Waals surface area contributed by atoms with Crippen molar-refractivity contribution in [3.05, 3.63) is 83.9 Å². The molecule has 0 bridgehead atoms. The second kappa shape index (κ2) is 7.33. The fraction of sp³-hybridized carbons (Fsp3) is 0. The standard InChI is InChI=1S/C20H16O5S/c21-17-10-8-15(9-11-17)6-7-16-12-18(22)14-19(13-16)25-26(23,24)20-4-2-1-3-5-20/h1-14,21-22H/b7-6+. The maximum absolute atomic E-state index is 12.3. The fourth-order valence-electron chi connectivity index (χ4n) is 2.29. The van der Waals surface area contributed by atoms with Gasteiger partial charge in [0.2, 0.25) is 0 Å². The van der Waals surface area contributed by atoms with Crippen molar-refractivity contribution in [2.45, 2.75) is 4.90 Å². The smallest absolute Gasteiger partial charge is 0.339 e. The zero-order valence-electron chi connectivity index (χ0n) is 13.6. The van der Waals surface area contributed by atoms with Crippen LogP contribution in [-0.2, 0) is 10.1 Å². The SMILES string of the molecule is O=S(=O)(Oc1cc(O)cc(/C=C/c2ccc(O)cc2)c1)c1ccccc1. The summed E-state index contributed by atoms with van der Waals surface area (Å²) in [6.45, 7) is 0. The molecule has 6 heteroatoms. The van der Waals surface area contributed by atoms with Gasteiger partial charge < -0.3 is 14.4 Å². The summed E-state index contributed by atoms with van der Waals surface area (Å²) in [7, 11) is -3.98. The van der Waals surface area contributed by atoms with Crippen molar-refractivity contribution in [3.8, 4) is 17.2 Å². The minimum absolute atomic E-state index is 0.0132. The van der Waals surface area contributed by atoms with E-state index in [1.807, 2.05) is 0 Å². The maximum atomic E-state index is 12.3. The van der Waals surface area contributed by atoms with Gasteiger partial charge in [-0.2, -0.15) is 8.42 Å². The zero-order valence-corrected chi connectivity index (χ0v) is 14.4. The molecule has 0 spiro atoms. The van der Waals surface area contributed by atoms with Crippen molar-refractivity contribution in [1.82, 2.24) is 0 Å². The van der Waals surface area contributed by atoms with Gasteiger partial charge in [-0.1, -0.05) is 42.5 Å². The molecule has 0 unspecified atom stereocenters.